The molecule has 2 atom stereocenters. The number of benzene rings is 1. The average molecular weight is 462 g/mol. The maximum Gasteiger partial charge on any atom is 0.191 e. The van der Waals surface area contributed by atoms with Crippen LogP contribution >= 0.6 is 24.0 Å². The van der Waals surface area contributed by atoms with E-state index in [9.17, 15) is 4.39 Å². The Kier molecular flexibility index (Phi) is 9.71. The van der Waals surface area contributed by atoms with Crippen LogP contribution in [0.5, 0.6) is 0 Å². The molecule has 1 fully saturated rings. The number of hydrogen-bond donors (Lipinski definition) is 2. The summed E-state index contributed by atoms with van der Waals surface area (Å²) >= 11 is 0. The number of nitrogens with zero attached hydrogens (tertiary/aromatic N) is 2. The molecule has 4 nitrogen and oxygen atoms in total. The average Bonchev–Trinajstić information content (AvgIpc) is 3.01. The second-order valence-electron chi connectivity index (χ2n) is 6.78. The van der Waals surface area contributed by atoms with Gasteiger partial charge in [0.05, 0.1) is 6.04 Å². The molecule has 25 heavy (non-hydrogen) atoms. The first-order valence-electron chi connectivity index (χ1n) is 8.99. The van der Waals surface area contributed by atoms with Crippen molar-refractivity contribution in [1.29, 1.82) is 0 Å². The van der Waals surface area contributed by atoms with Crippen LogP contribution in [0.4, 0.5) is 4.39 Å². The van der Waals surface area contributed by atoms with Crippen LogP contribution in [-0.2, 0) is 0 Å². The van der Waals surface area contributed by atoms with E-state index < -0.39 is 0 Å². The predicted molar refractivity (Wildman–Crippen MR) is 114 cm³/mol. The van der Waals surface area contributed by atoms with Gasteiger partial charge in [-0.15, -0.1) is 24.0 Å². The van der Waals surface area contributed by atoms with Crippen LogP contribution in [0.1, 0.15) is 43.9 Å². The van der Waals surface area contributed by atoms with Crippen LogP contribution in [0.25, 0.3) is 0 Å². The number of rotatable bonds is 6. The maximum atomic E-state index is 13.7. The Morgan fingerprint density at radius 2 is 2.20 bits per heavy atom. The van der Waals surface area contributed by atoms with Crippen LogP contribution < -0.4 is 10.6 Å². The van der Waals surface area contributed by atoms with Gasteiger partial charge in [0.15, 0.2) is 5.96 Å². The summed E-state index contributed by atoms with van der Waals surface area (Å²) in [5.74, 6) is 1.28. The van der Waals surface area contributed by atoms with Crippen molar-refractivity contribution in [2.24, 2.45) is 10.9 Å². The fourth-order valence-corrected chi connectivity index (χ4v) is 3.20. The molecule has 0 radical (unpaired) electrons. The molecule has 1 heterocycles. The molecule has 0 spiro atoms. The summed E-state index contributed by atoms with van der Waals surface area (Å²) in [5.41, 5.74) is 1.60. The van der Waals surface area contributed by atoms with Gasteiger partial charge in [-0.05, 0) is 62.9 Å². The highest BCUT2D eigenvalue weighted by atomic mass is 127. The molecule has 6 heteroatoms. The van der Waals surface area contributed by atoms with Gasteiger partial charge >= 0.3 is 0 Å². The molecule has 1 aliphatic heterocycles. The third-order valence-electron chi connectivity index (χ3n) is 4.74. The lowest BCUT2D eigenvalue weighted by atomic mass is 10.1. The smallest absolute Gasteiger partial charge is 0.191 e. The molecule has 1 saturated heterocycles. The van der Waals surface area contributed by atoms with Crippen molar-refractivity contribution >= 4 is 29.9 Å². The van der Waals surface area contributed by atoms with E-state index >= 15 is 0 Å². The zero-order valence-electron chi connectivity index (χ0n) is 15.8. The third kappa shape index (κ3) is 6.73. The molecule has 0 bridgehead atoms. The standard InChI is InChI=1S/C19H31FN4.HI/c1-5-9-24-10-8-16(13-24)12-22-19(21-4)23-15(3)17-7-6-14(2)18(20)11-17;/h6-7,11,15-16H,5,8-10,12-13H2,1-4H3,(H2,21,22,23);1H. The Morgan fingerprint density at radius 1 is 1.44 bits per heavy atom. The van der Waals surface area contributed by atoms with E-state index in [1.807, 2.05) is 19.1 Å². The van der Waals surface area contributed by atoms with Gasteiger partial charge in [-0.3, -0.25) is 4.99 Å². The number of aryl methyl sites for hydroxylation is 1. The molecule has 2 unspecified atom stereocenters. The summed E-state index contributed by atoms with van der Waals surface area (Å²) in [6.45, 7) is 10.5. The van der Waals surface area contributed by atoms with Crippen molar-refractivity contribution < 1.29 is 4.39 Å². The maximum absolute atomic E-state index is 13.7. The highest BCUT2D eigenvalue weighted by Crippen LogP contribution is 2.17. The molecule has 0 saturated carbocycles. The summed E-state index contributed by atoms with van der Waals surface area (Å²) in [6, 6.07) is 5.38. The van der Waals surface area contributed by atoms with Gasteiger partial charge < -0.3 is 15.5 Å². The molecule has 1 aliphatic rings. The molecular formula is C19H32FIN4. The number of nitrogens with one attached hydrogen (secondary N) is 2. The second-order valence-corrected chi connectivity index (χ2v) is 6.78. The fraction of sp³-hybridized carbons (Fsp3) is 0.632. The van der Waals surface area contributed by atoms with E-state index in [1.165, 1.54) is 25.9 Å². The van der Waals surface area contributed by atoms with Crippen molar-refractivity contribution in [2.75, 3.05) is 33.2 Å². The molecule has 0 aromatic heterocycles. The molecular weight excluding hydrogens is 430 g/mol. The zero-order valence-corrected chi connectivity index (χ0v) is 18.1. The summed E-state index contributed by atoms with van der Waals surface area (Å²) in [4.78, 5) is 6.82. The Morgan fingerprint density at radius 3 is 2.84 bits per heavy atom. The first kappa shape index (κ1) is 22.2. The van der Waals surface area contributed by atoms with E-state index in [0.717, 1.165) is 24.6 Å². The zero-order chi connectivity index (χ0) is 17.5. The molecule has 1 aromatic carbocycles. The molecule has 1 aromatic rings. The Labute approximate surface area is 168 Å². The highest BCUT2D eigenvalue weighted by Gasteiger charge is 2.21. The van der Waals surface area contributed by atoms with Crippen LogP contribution in [0.2, 0.25) is 0 Å². The minimum Gasteiger partial charge on any atom is -0.356 e. The summed E-state index contributed by atoms with van der Waals surface area (Å²) < 4.78 is 13.7. The van der Waals surface area contributed by atoms with Crippen molar-refractivity contribution in [3.05, 3.63) is 35.1 Å². The highest BCUT2D eigenvalue weighted by molar-refractivity contribution is 14.0. The largest absolute Gasteiger partial charge is 0.356 e. The lowest BCUT2D eigenvalue weighted by molar-refractivity contribution is 0.324. The van der Waals surface area contributed by atoms with Crippen LogP contribution in [0.3, 0.4) is 0 Å². The molecule has 0 amide bonds. The lowest BCUT2D eigenvalue weighted by Gasteiger charge is -2.20. The van der Waals surface area contributed by atoms with Crippen molar-refractivity contribution in [3.63, 3.8) is 0 Å². The Balaban J connectivity index is 0.00000312. The lowest BCUT2D eigenvalue weighted by Crippen LogP contribution is -2.41. The first-order valence-corrected chi connectivity index (χ1v) is 8.99. The number of hydrogen-bond acceptors (Lipinski definition) is 2. The minimum atomic E-state index is -0.161. The monoisotopic (exact) mass is 462 g/mol. The summed E-state index contributed by atoms with van der Waals surface area (Å²) in [7, 11) is 1.77. The normalized spacial score (nSPS) is 19.4. The van der Waals surface area contributed by atoms with Crippen molar-refractivity contribution in [3.8, 4) is 0 Å². The van der Waals surface area contributed by atoms with Crippen LogP contribution in [-0.4, -0.2) is 44.1 Å². The molecule has 2 rings (SSSR count). The van der Waals surface area contributed by atoms with Gasteiger partial charge in [0.1, 0.15) is 5.82 Å². The van der Waals surface area contributed by atoms with Crippen LogP contribution in [0, 0.1) is 18.7 Å². The van der Waals surface area contributed by atoms with E-state index in [1.54, 1.807) is 20.0 Å². The fourth-order valence-electron chi connectivity index (χ4n) is 3.20. The van der Waals surface area contributed by atoms with Crippen molar-refractivity contribution in [2.45, 2.75) is 39.7 Å². The summed E-state index contributed by atoms with van der Waals surface area (Å²) in [6.07, 6.45) is 2.46. The van der Waals surface area contributed by atoms with E-state index in [4.69, 9.17) is 0 Å². The van der Waals surface area contributed by atoms with Crippen molar-refractivity contribution in [1.82, 2.24) is 15.5 Å². The first-order chi connectivity index (χ1) is 11.5. The van der Waals surface area contributed by atoms with E-state index in [2.05, 4.69) is 27.4 Å². The van der Waals surface area contributed by atoms with Gasteiger partial charge in [-0.25, -0.2) is 4.39 Å². The number of guanidine groups is 1. The SMILES string of the molecule is CCCN1CCC(CNC(=NC)NC(C)c2ccc(C)c(F)c2)C1.I. The summed E-state index contributed by atoms with van der Waals surface area (Å²) in [5, 5.41) is 6.77. The minimum absolute atomic E-state index is 0. The topological polar surface area (TPSA) is 39.7 Å². The molecule has 0 aliphatic carbocycles. The number of halogens is 2. The van der Waals surface area contributed by atoms with Gasteiger partial charge in [-0.2, -0.15) is 0 Å². The Hall–Kier alpha value is -0.890. The molecule has 142 valence electrons. The number of aliphatic imine (C=N–C) groups is 1. The van der Waals surface area contributed by atoms with Gasteiger partial charge in [0.25, 0.3) is 0 Å². The van der Waals surface area contributed by atoms with E-state index in [0.29, 0.717) is 11.5 Å². The van der Waals surface area contributed by atoms with E-state index in [-0.39, 0.29) is 35.8 Å². The predicted octanol–water partition coefficient (Wildman–Crippen LogP) is 3.71. The van der Waals surface area contributed by atoms with Gasteiger partial charge in [0, 0.05) is 20.1 Å². The molecule has 2 N–H and O–H groups in total. The third-order valence-corrected chi connectivity index (χ3v) is 4.74. The van der Waals surface area contributed by atoms with Gasteiger partial charge in [0.2, 0.25) is 0 Å². The number of likely N-dealkylation sites (tertiary alicyclic amines) is 1. The van der Waals surface area contributed by atoms with Crippen LogP contribution in [0.15, 0.2) is 23.2 Å². The Bertz CT molecular complexity index is 564. The quantitative estimate of drug-likeness (QED) is 0.385. The second kappa shape index (κ2) is 11.0. The van der Waals surface area contributed by atoms with Gasteiger partial charge in [-0.1, -0.05) is 19.1 Å².